The number of nitrogen functional groups attached to an aromatic ring is 1. The van der Waals surface area contributed by atoms with Crippen LogP contribution in [0.25, 0.3) is 0 Å². The van der Waals surface area contributed by atoms with Gasteiger partial charge in [-0.1, -0.05) is 44.2 Å². The zero-order valence-corrected chi connectivity index (χ0v) is 22.8. The molecule has 208 valence electrons. The third-order valence-electron chi connectivity index (χ3n) is 7.20. The van der Waals surface area contributed by atoms with Crippen LogP contribution in [-0.2, 0) is 30.7 Å². The molecule has 2 heterocycles. The second kappa shape index (κ2) is 12.6. The number of benzene rings is 2. The van der Waals surface area contributed by atoms with Gasteiger partial charge in [0.2, 0.25) is 15.9 Å². The van der Waals surface area contributed by atoms with Gasteiger partial charge in [-0.25, -0.2) is 8.42 Å². The van der Waals surface area contributed by atoms with Gasteiger partial charge in [-0.05, 0) is 54.5 Å². The van der Waals surface area contributed by atoms with Gasteiger partial charge >= 0.3 is 0 Å². The first kappa shape index (κ1) is 28.5. The van der Waals surface area contributed by atoms with Crippen molar-refractivity contribution in [2.24, 2.45) is 17.8 Å². The van der Waals surface area contributed by atoms with E-state index in [1.54, 1.807) is 12.1 Å². The van der Waals surface area contributed by atoms with Gasteiger partial charge in [0.25, 0.3) is 0 Å². The number of carbonyl (C=O) groups excluding carboxylic acids is 1. The fourth-order valence-electron chi connectivity index (χ4n) is 5.22. The summed E-state index contributed by atoms with van der Waals surface area (Å²) in [5, 5.41) is 14.4. The van der Waals surface area contributed by atoms with Gasteiger partial charge in [-0.3, -0.25) is 4.79 Å². The molecule has 1 amide bonds. The molecule has 5 atom stereocenters. The average Bonchev–Trinajstić information content (AvgIpc) is 3.49. The lowest BCUT2D eigenvalue weighted by Crippen LogP contribution is -2.51. The molecule has 2 aliphatic rings. The van der Waals surface area contributed by atoms with E-state index in [1.165, 1.54) is 16.4 Å². The Morgan fingerprint density at radius 1 is 1.11 bits per heavy atom. The maximum absolute atomic E-state index is 13.5. The van der Waals surface area contributed by atoms with Gasteiger partial charge in [0.1, 0.15) is 0 Å². The number of carbonyl (C=O) groups is 1. The van der Waals surface area contributed by atoms with Crippen LogP contribution in [0.5, 0.6) is 0 Å². The molecule has 0 spiro atoms. The topological polar surface area (TPSA) is 131 Å². The average molecular weight is 546 g/mol. The number of hydrogen-bond donors (Lipinski definition) is 3. The van der Waals surface area contributed by atoms with E-state index in [9.17, 15) is 18.3 Å². The summed E-state index contributed by atoms with van der Waals surface area (Å²) in [7, 11) is -3.90. The van der Waals surface area contributed by atoms with Gasteiger partial charge in [0.05, 0.1) is 30.3 Å². The third kappa shape index (κ3) is 7.12. The van der Waals surface area contributed by atoms with Crippen LogP contribution >= 0.6 is 0 Å². The second-order valence-corrected chi connectivity index (χ2v) is 12.6. The maximum Gasteiger partial charge on any atom is 0.243 e. The van der Waals surface area contributed by atoms with E-state index in [-0.39, 0.29) is 54.4 Å². The summed E-state index contributed by atoms with van der Waals surface area (Å²) in [6, 6.07) is 14.9. The zero-order chi connectivity index (χ0) is 27.3. The third-order valence-corrected chi connectivity index (χ3v) is 9.04. The molecule has 10 heteroatoms. The smallest absolute Gasteiger partial charge is 0.243 e. The number of aliphatic hydroxyl groups is 1. The summed E-state index contributed by atoms with van der Waals surface area (Å²) in [5.74, 6) is 0.0879. The predicted molar refractivity (Wildman–Crippen MR) is 144 cm³/mol. The molecule has 2 aliphatic heterocycles. The first-order valence-corrected chi connectivity index (χ1v) is 14.7. The molecule has 0 aromatic heterocycles. The number of sulfonamides is 1. The summed E-state index contributed by atoms with van der Waals surface area (Å²) < 4.78 is 39.6. The lowest BCUT2D eigenvalue weighted by Gasteiger charge is -2.31. The SMILES string of the molecule is CC(C)CN(C[C@@H](O)[C@H](Cc1ccccc1)NC(=O)C[C@H]1CO[C@H]2OCC[C@@H]12)S(=O)(=O)c1ccc(N)cc1. The normalized spacial score (nSPS) is 22.9. The van der Waals surface area contributed by atoms with E-state index in [0.717, 1.165) is 12.0 Å². The first-order valence-electron chi connectivity index (χ1n) is 13.2. The standard InChI is InChI=1S/C28H39N3O6S/c1-19(2)16-31(38(34,35)23-10-8-22(29)9-11-23)17-26(32)25(14-20-6-4-3-5-7-20)30-27(33)15-21-18-37-28-24(21)12-13-36-28/h3-11,19,21,24-26,28,32H,12-18,29H2,1-2H3,(H,30,33)/t21-,24-,25-,26+,28+/m0/s1. The number of rotatable bonds is 12. The molecule has 2 fully saturated rings. The van der Waals surface area contributed by atoms with Crippen molar-refractivity contribution in [3.63, 3.8) is 0 Å². The summed E-state index contributed by atoms with van der Waals surface area (Å²) in [6.45, 7) is 5.01. The summed E-state index contributed by atoms with van der Waals surface area (Å²) in [6.07, 6.45) is 0.125. The van der Waals surface area contributed by atoms with Crippen LogP contribution in [0, 0.1) is 17.8 Å². The van der Waals surface area contributed by atoms with Crippen molar-refractivity contribution in [3.8, 4) is 0 Å². The number of ether oxygens (including phenoxy) is 2. The van der Waals surface area contributed by atoms with Crippen LogP contribution in [0.1, 0.15) is 32.3 Å². The molecule has 2 aromatic carbocycles. The Bertz CT molecular complexity index is 1160. The molecule has 2 saturated heterocycles. The van der Waals surface area contributed by atoms with E-state index in [4.69, 9.17) is 15.2 Å². The number of fused-ring (bicyclic) bond motifs is 1. The Kier molecular flexibility index (Phi) is 9.43. The minimum Gasteiger partial charge on any atom is -0.399 e. The Balaban J connectivity index is 1.51. The minimum absolute atomic E-state index is 0.0249. The number of nitrogens with two attached hydrogens (primary N) is 1. The van der Waals surface area contributed by atoms with Crippen molar-refractivity contribution >= 4 is 21.6 Å². The lowest BCUT2D eigenvalue weighted by atomic mass is 9.90. The van der Waals surface area contributed by atoms with Crippen LogP contribution in [0.3, 0.4) is 0 Å². The quantitative estimate of drug-likeness (QED) is 0.349. The van der Waals surface area contributed by atoms with Gasteiger partial charge in [-0.15, -0.1) is 0 Å². The zero-order valence-electron chi connectivity index (χ0n) is 22.0. The number of amides is 1. The highest BCUT2D eigenvalue weighted by atomic mass is 32.2. The fourth-order valence-corrected chi connectivity index (χ4v) is 6.84. The Morgan fingerprint density at radius 2 is 1.82 bits per heavy atom. The Labute approximate surface area is 225 Å². The number of nitrogens with zero attached hydrogens (tertiary/aromatic N) is 1. The van der Waals surface area contributed by atoms with Crippen molar-refractivity contribution in [2.45, 2.75) is 56.4 Å². The van der Waals surface area contributed by atoms with Crippen LogP contribution in [-0.4, -0.2) is 68.5 Å². The van der Waals surface area contributed by atoms with Crippen molar-refractivity contribution in [1.82, 2.24) is 9.62 Å². The minimum atomic E-state index is -3.90. The van der Waals surface area contributed by atoms with Crippen LogP contribution < -0.4 is 11.1 Å². The molecule has 0 bridgehead atoms. The number of hydrogen-bond acceptors (Lipinski definition) is 7. The molecule has 0 unspecified atom stereocenters. The van der Waals surface area contributed by atoms with Crippen molar-refractivity contribution in [1.29, 1.82) is 0 Å². The highest BCUT2D eigenvalue weighted by Gasteiger charge is 2.42. The predicted octanol–water partition coefficient (Wildman–Crippen LogP) is 2.40. The molecule has 0 aliphatic carbocycles. The van der Waals surface area contributed by atoms with E-state index in [1.807, 2.05) is 44.2 Å². The number of anilines is 1. The molecule has 2 aromatic rings. The Hall–Kier alpha value is -2.50. The molecule has 38 heavy (non-hydrogen) atoms. The highest BCUT2D eigenvalue weighted by Crippen LogP contribution is 2.37. The van der Waals surface area contributed by atoms with Crippen LogP contribution in [0.2, 0.25) is 0 Å². The molecular formula is C28H39N3O6S. The highest BCUT2D eigenvalue weighted by molar-refractivity contribution is 7.89. The fraction of sp³-hybridized carbons (Fsp3) is 0.536. The van der Waals surface area contributed by atoms with E-state index < -0.39 is 22.2 Å². The molecule has 4 N–H and O–H groups in total. The number of aliphatic hydroxyl groups excluding tert-OH is 1. The van der Waals surface area contributed by atoms with E-state index >= 15 is 0 Å². The maximum atomic E-state index is 13.5. The van der Waals surface area contributed by atoms with Crippen LogP contribution in [0.15, 0.2) is 59.5 Å². The summed E-state index contributed by atoms with van der Waals surface area (Å²) in [4.78, 5) is 13.3. The first-order chi connectivity index (χ1) is 18.1. The summed E-state index contributed by atoms with van der Waals surface area (Å²) >= 11 is 0. The van der Waals surface area contributed by atoms with E-state index in [0.29, 0.717) is 25.3 Å². The van der Waals surface area contributed by atoms with E-state index in [2.05, 4.69) is 5.32 Å². The van der Waals surface area contributed by atoms with Gasteiger partial charge in [-0.2, -0.15) is 4.31 Å². The number of nitrogens with one attached hydrogen (secondary N) is 1. The second-order valence-electron chi connectivity index (χ2n) is 10.7. The summed E-state index contributed by atoms with van der Waals surface area (Å²) in [5.41, 5.74) is 7.15. The van der Waals surface area contributed by atoms with Gasteiger partial charge in [0.15, 0.2) is 6.29 Å². The lowest BCUT2D eigenvalue weighted by molar-refractivity contribution is -0.124. The Morgan fingerprint density at radius 3 is 2.50 bits per heavy atom. The monoisotopic (exact) mass is 545 g/mol. The van der Waals surface area contributed by atoms with Crippen molar-refractivity contribution in [3.05, 3.63) is 60.2 Å². The van der Waals surface area contributed by atoms with Crippen LogP contribution in [0.4, 0.5) is 5.69 Å². The van der Waals surface area contributed by atoms with Gasteiger partial charge < -0.3 is 25.6 Å². The molecule has 0 saturated carbocycles. The molecule has 0 radical (unpaired) electrons. The van der Waals surface area contributed by atoms with Gasteiger partial charge in [0, 0.05) is 31.1 Å². The van der Waals surface area contributed by atoms with Crippen molar-refractivity contribution < 1.29 is 27.8 Å². The van der Waals surface area contributed by atoms with Crippen molar-refractivity contribution in [2.75, 3.05) is 32.0 Å². The molecule has 9 nitrogen and oxygen atoms in total. The largest absolute Gasteiger partial charge is 0.399 e. The molecular weight excluding hydrogens is 506 g/mol. The molecule has 4 rings (SSSR count).